The molecule has 0 radical (unpaired) electrons. The van der Waals surface area contributed by atoms with Gasteiger partial charge in [-0.15, -0.1) is 0 Å². The van der Waals surface area contributed by atoms with Crippen molar-refractivity contribution >= 4 is 46.0 Å². The molecular formula is C29H30Cl2N6O4. The maximum Gasteiger partial charge on any atom is 0.417 e. The van der Waals surface area contributed by atoms with E-state index in [0.717, 1.165) is 45.0 Å². The number of methoxy groups -OCH3 is 2. The Kier molecular flexibility index (Phi) is 9.04. The highest BCUT2D eigenvalue weighted by Crippen LogP contribution is 2.47. The molecule has 0 aliphatic carbocycles. The summed E-state index contributed by atoms with van der Waals surface area (Å²) in [7, 11) is 3.01. The summed E-state index contributed by atoms with van der Waals surface area (Å²) in [6.45, 7) is 8.20. The van der Waals surface area contributed by atoms with Gasteiger partial charge in [0.15, 0.2) is 5.75 Å². The molecule has 0 atom stereocenters. The van der Waals surface area contributed by atoms with Gasteiger partial charge >= 0.3 is 6.09 Å². The highest BCUT2D eigenvalue weighted by molar-refractivity contribution is 6.41. The van der Waals surface area contributed by atoms with E-state index in [9.17, 15) is 4.79 Å². The first-order valence-electron chi connectivity index (χ1n) is 13.1. The first-order valence-corrected chi connectivity index (χ1v) is 13.9. The fourth-order valence-electron chi connectivity index (χ4n) is 4.77. The van der Waals surface area contributed by atoms with Crippen molar-refractivity contribution in [2.45, 2.75) is 13.5 Å². The number of carbonyl (C=O) groups is 1. The molecule has 2 aromatic heterocycles. The van der Waals surface area contributed by atoms with E-state index in [-0.39, 0.29) is 15.8 Å². The van der Waals surface area contributed by atoms with Crippen molar-refractivity contribution in [2.75, 3.05) is 52.3 Å². The number of hydrogen-bond donors (Lipinski definition) is 1. The van der Waals surface area contributed by atoms with Crippen LogP contribution in [0.15, 0.2) is 48.9 Å². The Morgan fingerprint density at radius 1 is 0.878 bits per heavy atom. The smallest absolute Gasteiger partial charge is 0.417 e. The van der Waals surface area contributed by atoms with Gasteiger partial charge in [0.1, 0.15) is 22.5 Å². The van der Waals surface area contributed by atoms with Crippen molar-refractivity contribution in [1.82, 2.24) is 24.8 Å². The molecule has 1 amide bonds. The highest BCUT2D eigenvalue weighted by Gasteiger charge is 2.23. The number of pyridine rings is 1. The van der Waals surface area contributed by atoms with E-state index in [2.05, 4.69) is 37.0 Å². The standard InChI is InChI=1S/C29H30Cl2N6O4/c1-4-36-11-13-37(14-12-36)17-19-6-5-18(16-34-19)35-29(38)41-21-8-7-20(27-28(21)33-10-9-32-27)24-25(30)22(39-2)15-23(40-3)26(24)31/h5-10,15-16H,4,11-14,17H2,1-3H3,(H,35,38). The molecule has 5 rings (SSSR count). The third-order valence-corrected chi connectivity index (χ3v) is 7.75. The van der Waals surface area contributed by atoms with Crippen LogP contribution in [-0.4, -0.2) is 77.8 Å². The van der Waals surface area contributed by atoms with Crippen LogP contribution in [0.4, 0.5) is 10.5 Å². The number of fused-ring (bicyclic) bond motifs is 1. The third-order valence-electron chi connectivity index (χ3n) is 7.00. The normalized spacial score (nSPS) is 14.2. The number of piperazine rings is 1. The minimum Gasteiger partial charge on any atom is -0.495 e. The number of ether oxygens (including phenoxy) is 3. The quantitative estimate of drug-likeness (QED) is 0.272. The van der Waals surface area contributed by atoms with Crippen LogP contribution < -0.4 is 19.5 Å². The molecule has 0 bridgehead atoms. The Hall–Kier alpha value is -3.70. The molecule has 0 spiro atoms. The second-order valence-electron chi connectivity index (χ2n) is 9.41. The van der Waals surface area contributed by atoms with Gasteiger partial charge in [-0.05, 0) is 30.8 Å². The summed E-state index contributed by atoms with van der Waals surface area (Å²) in [5.41, 5.74) is 3.28. The Bertz CT molecular complexity index is 1520. The first kappa shape index (κ1) is 28.8. The van der Waals surface area contributed by atoms with Gasteiger partial charge in [0.2, 0.25) is 0 Å². The maximum atomic E-state index is 12.8. The third kappa shape index (κ3) is 6.31. The Morgan fingerprint density at radius 3 is 2.15 bits per heavy atom. The zero-order valence-electron chi connectivity index (χ0n) is 23.0. The molecule has 2 aromatic carbocycles. The van der Waals surface area contributed by atoms with E-state index in [1.54, 1.807) is 24.4 Å². The number of aromatic nitrogens is 3. The van der Waals surface area contributed by atoms with E-state index < -0.39 is 6.09 Å². The van der Waals surface area contributed by atoms with Crippen molar-refractivity contribution in [3.05, 3.63) is 64.7 Å². The van der Waals surface area contributed by atoms with Gasteiger partial charge in [-0.25, -0.2) is 9.78 Å². The number of halogens is 2. The summed E-state index contributed by atoms with van der Waals surface area (Å²) in [6, 6.07) is 8.66. The van der Waals surface area contributed by atoms with Crippen molar-refractivity contribution in [3.63, 3.8) is 0 Å². The zero-order valence-corrected chi connectivity index (χ0v) is 24.5. The number of nitrogens with zero attached hydrogens (tertiary/aromatic N) is 5. The molecule has 0 saturated carbocycles. The molecule has 4 aromatic rings. The Balaban J connectivity index is 1.33. The largest absolute Gasteiger partial charge is 0.495 e. The van der Waals surface area contributed by atoms with Crippen LogP contribution in [0, 0.1) is 0 Å². The summed E-state index contributed by atoms with van der Waals surface area (Å²) in [5, 5.41) is 3.30. The summed E-state index contributed by atoms with van der Waals surface area (Å²) in [4.78, 5) is 31.0. The van der Waals surface area contributed by atoms with Crippen molar-refractivity contribution in [2.24, 2.45) is 0 Å². The number of likely N-dealkylation sites (N-methyl/N-ethyl adjacent to an activating group) is 1. The van der Waals surface area contributed by atoms with Gasteiger partial charge < -0.3 is 19.1 Å². The highest BCUT2D eigenvalue weighted by atomic mass is 35.5. The van der Waals surface area contributed by atoms with Crippen LogP contribution in [0.5, 0.6) is 17.2 Å². The van der Waals surface area contributed by atoms with Gasteiger partial charge in [0.25, 0.3) is 0 Å². The van der Waals surface area contributed by atoms with E-state index in [4.69, 9.17) is 37.4 Å². The predicted octanol–water partition coefficient (Wildman–Crippen LogP) is 5.76. The van der Waals surface area contributed by atoms with Crippen molar-refractivity contribution < 1.29 is 19.0 Å². The number of rotatable bonds is 8. The molecule has 0 unspecified atom stereocenters. The van der Waals surface area contributed by atoms with E-state index in [0.29, 0.717) is 39.3 Å². The maximum absolute atomic E-state index is 12.8. The monoisotopic (exact) mass is 596 g/mol. The summed E-state index contributed by atoms with van der Waals surface area (Å²) in [5.74, 6) is 0.990. The fraction of sp³-hybridized carbons (Fsp3) is 0.310. The van der Waals surface area contributed by atoms with E-state index >= 15 is 0 Å². The lowest BCUT2D eigenvalue weighted by Gasteiger charge is -2.33. The fourth-order valence-corrected chi connectivity index (χ4v) is 5.47. The minimum atomic E-state index is -0.686. The molecule has 1 aliphatic rings. The van der Waals surface area contributed by atoms with Gasteiger partial charge in [0, 0.05) is 62.3 Å². The summed E-state index contributed by atoms with van der Waals surface area (Å²) >= 11 is 13.3. The number of amides is 1. The van der Waals surface area contributed by atoms with Crippen LogP contribution in [0.2, 0.25) is 10.0 Å². The predicted molar refractivity (Wildman–Crippen MR) is 159 cm³/mol. The molecule has 41 heavy (non-hydrogen) atoms. The van der Waals surface area contributed by atoms with Crippen molar-refractivity contribution in [1.29, 1.82) is 0 Å². The average molecular weight is 598 g/mol. The van der Waals surface area contributed by atoms with Crippen LogP contribution in [0.25, 0.3) is 22.2 Å². The number of hydrogen-bond acceptors (Lipinski definition) is 9. The second-order valence-corrected chi connectivity index (χ2v) is 10.2. The van der Waals surface area contributed by atoms with Gasteiger partial charge in [-0.1, -0.05) is 30.1 Å². The van der Waals surface area contributed by atoms with Crippen molar-refractivity contribution in [3.8, 4) is 28.4 Å². The SMILES string of the molecule is CCN1CCN(Cc2ccc(NC(=O)Oc3ccc(-c4c(Cl)c(OC)cc(OC)c4Cl)c4nccnc34)cn2)CC1. The summed E-state index contributed by atoms with van der Waals surface area (Å²) < 4.78 is 16.5. The molecule has 1 fully saturated rings. The number of benzene rings is 2. The van der Waals surface area contributed by atoms with Crippen LogP contribution in [-0.2, 0) is 6.54 Å². The molecule has 3 heterocycles. The first-order chi connectivity index (χ1) is 19.9. The van der Waals surface area contributed by atoms with Gasteiger partial charge in [0.05, 0.1) is 41.8 Å². The molecule has 1 saturated heterocycles. The molecule has 12 heteroatoms. The summed E-state index contributed by atoms with van der Waals surface area (Å²) in [6.07, 6.45) is 3.98. The zero-order chi connectivity index (χ0) is 28.9. The van der Waals surface area contributed by atoms with Gasteiger partial charge in [-0.3, -0.25) is 20.2 Å². The number of nitrogens with one attached hydrogen (secondary N) is 1. The lowest BCUT2D eigenvalue weighted by Crippen LogP contribution is -2.45. The molecule has 1 N–H and O–H groups in total. The van der Waals surface area contributed by atoms with Crippen LogP contribution in [0.3, 0.4) is 0 Å². The molecule has 214 valence electrons. The number of carbonyl (C=O) groups excluding carboxylic acids is 1. The lowest BCUT2D eigenvalue weighted by atomic mass is 10.0. The van der Waals surface area contributed by atoms with Crippen LogP contribution in [0.1, 0.15) is 12.6 Å². The van der Waals surface area contributed by atoms with Gasteiger partial charge in [-0.2, -0.15) is 0 Å². The van der Waals surface area contributed by atoms with E-state index in [1.165, 1.54) is 26.6 Å². The Labute approximate surface area is 248 Å². The molecule has 1 aliphatic heterocycles. The van der Waals surface area contributed by atoms with Crippen LogP contribution >= 0.6 is 23.2 Å². The molecule has 10 nitrogen and oxygen atoms in total. The number of anilines is 1. The minimum absolute atomic E-state index is 0.215. The molecular weight excluding hydrogens is 567 g/mol. The topological polar surface area (TPSA) is 102 Å². The van der Waals surface area contributed by atoms with E-state index in [1.807, 2.05) is 12.1 Å². The average Bonchev–Trinajstić information content (AvgIpc) is 2.99. The lowest BCUT2D eigenvalue weighted by molar-refractivity contribution is 0.131. The second kappa shape index (κ2) is 12.9. The Morgan fingerprint density at radius 2 is 1.54 bits per heavy atom.